The van der Waals surface area contributed by atoms with Gasteiger partial charge in [-0.05, 0) is 41.6 Å². The number of benzene rings is 1. The first-order valence-corrected chi connectivity index (χ1v) is 8.26. The molecule has 3 aromatic heterocycles. The molecule has 4 rings (SSSR count). The molecule has 0 N–H and O–H groups in total. The fourth-order valence-electron chi connectivity index (χ4n) is 2.17. The largest absolute Gasteiger partial charge is 0.461 e. The highest BCUT2D eigenvalue weighted by atomic mass is 32.2. The summed E-state index contributed by atoms with van der Waals surface area (Å²) in [6.07, 6.45) is 1.60. The molecule has 0 radical (unpaired) electrons. The van der Waals surface area contributed by atoms with Crippen LogP contribution < -0.4 is 0 Å². The van der Waals surface area contributed by atoms with E-state index < -0.39 is 0 Å². The van der Waals surface area contributed by atoms with E-state index in [1.807, 2.05) is 49.4 Å². The van der Waals surface area contributed by atoms with Gasteiger partial charge >= 0.3 is 0 Å². The lowest BCUT2D eigenvalue weighted by atomic mass is 10.2. The SMILES string of the molecule is Cc1ccc(-n2nnnc2SCc2cc(-c3ccco3)on2)cc1. The first kappa shape index (κ1) is 14.7. The third-order valence-electron chi connectivity index (χ3n) is 3.39. The molecule has 120 valence electrons. The van der Waals surface area contributed by atoms with Crippen molar-refractivity contribution < 1.29 is 8.94 Å². The second kappa shape index (κ2) is 6.32. The Hall–Kier alpha value is -2.87. The summed E-state index contributed by atoms with van der Waals surface area (Å²) in [4.78, 5) is 0. The fourth-order valence-corrected chi connectivity index (χ4v) is 2.94. The molecule has 0 amide bonds. The maximum Gasteiger partial charge on any atom is 0.214 e. The van der Waals surface area contributed by atoms with Crippen LogP contribution >= 0.6 is 11.8 Å². The number of rotatable bonds is 5. The Morgan fingerprint density at radius 3 is 2.79 bits per heavy atom. The summed E-state index contributed by atoms with van der Waals surface area (Å²) in [5.74, 6) is 1.85. The van der Waals surface area contributed by atoms with Crippen LogP contribution in [0.2, 0.25) is 0 Å². The van der Waals surface area contributed by atoms with Crippen LogP contribution in [0.15, 0.2) is 62.8 Å². The van der Waals surface area contributed by atoms with Gasteiger partial charge in [-0.3, -0.25) is 0 Å². The van der Waals surface area contributed by atoms with Gasteiger partial charge in [0, 0.05) is 11.8 Å². The van der Waals surface area contributed by atoms with Gasteiger partial charge in [0.1, 0.15) is 0 Å². The molecule has 0 aliphatic heterocycles. The molecule has 7 nitrogen and oxygen atoms in total. The second-order valence-corrected chi connectivity index (χ2v) is 6.10. The standard InChI is InChI=1S/C16H13N5O2S/c1-11-4-6-13(7-5-11)21-16(17-19-20-21)24-10-12-9-15(23-18-12)14-3-2-8-22-14/h2-9H,10H2,1H3. The number of aromatic nitrogens is 5. The lowest BCUT2D eigenvalue weighted by Crippen LogP contribution is -1.99. The van der Waals surface area contributed by atoms with Crippen molar-refractivity contribution >= 4 is 11.8 Å². The van der Waals surface area contributed by atoms with Crippen LogP contribution in [0.5, 0.6) is 0 Å². The van der Waals surface area contributed by atoms with Gasteiger partial charge in [0.15, 0.2) is 5.76 Å². The summed E-state index contributed by atoms with van der Waals surface area (Å²) >= 11 is 1.49. The molecule has 0 spiro atoms. The van der Waals surface area contributed by atoms with Crippen molar-refractivity contribution in [3.8, 4) is 17.2 Å². The maximum absolute atomic E-state index is 5.29. The summed E-state index contributed by atoms with van der Waals surface area (Å²) in [6.45, 7) is 2.04. The predicted molar refractivity (Wildman–Crippen MR) is 87.7 cm³/mol. The number of thioether (sulfide) groups is 1. The van der Waals surface area contributed by atoms with E-state index in [-0.39, 0.29) is 0 Å². The molecule has 0 aliphatic rings. The molecule has 0 saturated heterocycles. The van der Waals surface area contributed by atoms with E-state index in [4.69, 9.17) is 8.94 Å². The van der Waals surface area contributed by atoms with Crippen molar-refractivity contribution in [1.29, 1.82) is 0 Å². The topological polar surface area (TPSA) is 82.8 Å². The van der Waals surface area contributed by atoms with Gasteiger partial charge in [-0.25, -0.2) is 0 Å². The highest BCUT2D eigenvalue weighted by Crippen LogP contribution is 2.25. The molecule has 0 fully saturated rings. The minimum atomic E-state index is 0.594. The van der Waals surface area contributed by atoms with Crippen LogP contribution in [0.1, 0.15) is 11.3 Å². The Morgan fingerprint density at radius 1 is 1.12 bits per heavy atom. The van der Waals surface area contributed by atoms with Crippen LogP contribution in [0.25, 0.3) is 17.2 Å². The van der Waals surface area contributed by atoms with E-state index >= 15 is 0 Å². The van der Waals surface area contributed by atoms with Gasteiger partial charge in [-0.15, -0.1) is 5.10 Å². The number of nitrogens with zero attached hydrogens (tertiary/aromatic N) is 5. The lowest BCUT2D eigenvalue weighted by Gasteiger charge is -2.03. The third-order valence-corrected chi connectivity index (χ3v) is 4.34. The normalized spacial score (nSPS) is 11.0. The minimum absolute atomic E-state index is 0.594. The molecule has 3 heterocycles. The van der Waals surface area contributed by atoms with Crippen molar-refractivity contribution in [3.63, 3.8) is 0 Å². The molecule has 4 aromatic rings. The molecule has 0 saturated carbocycles. The van der Waals surface area contributed by atoms with Crippen LogP contribution in [0.3, 0.4) is 0 Å². The second-order valence-electron chi connectivity index (χ2n) is 5.16. The Balaban J connectivity index is 1.49. The first-order valence-electron chi connectivity index (χ1n) is 7.27. The van der Waals surface area contributed by atoms with Crippen LogP contribution in [-0.4, -0.2) is 25.4 Å². The molecular weight excluding hydrogens is 326 g/mol. The van der Waals surface area contributed by atoms with Crippen LogP contribution in [-0.2, 0) is 5.75 Å². The fraction of sp³-hybridized carbons (Fsp3) is 0.125. The average molecular weight is 339 g/mol. The number of hydrogen-bond acceptors (Lipinski definition) is 7. The summed E-state index contributed by atoms with van der Waals surface area (Å²) in [7, 11) is 0. The van der Waals surface area contributed by atoms with E-state index in [9.17, 15) is 0 Å². The van der Waals surface area contributed by atoms with Crippen molar-refractivity contribution in [2.45, 2.75) is 17.8 Å². The van der Waals surface area contributed by atoms with E-state index in [1.165, 1.54) is 17.3 Å². The average Bonchev–Trinajstić information content (AvgIpc) is 3.34. The number of hydrogen-bond donors (Lipinski definition) is 0. The van der Waals surface area contributed by atoms with Gasteiger partial charge < -0.3 is 8.94 Å². The van der Waals surface area contributed by atoms with Crippen molar-refractivity contribution in [2.75, 3.05) is 0 Å². The van der Waals surface area contributed by atoms with Gasteiger partial charge in [-0.2, -0.15) is 4.68 Å². The Labute approximate surface area is 141 Å². The van der Waals surface area contributed by atoms with Crippen LogP contribution in [0, 0.1) is 6.92 Å². The zero-order valence-electron chi connectivity index (χ0n) is 12.8. The van der Waals surface area contributed by atoms with Gasteiger partial charge in [0.05, 0.1) is 17.6 Å². The number of furan rings is 1. The lowest BCUT2D eigenvalue weighted by molar-refractivity contribution is 0.413. The maximum atomic E-state index is 5.29. The summed E-state index contributed by atoms with van der Waals surface area (Å²) < 4.78 is 12.3. The zero-order valence-corrected chi connectivity index (χ0v) is 13.6. The molecule has 24 heavy (non-hydrogen) atoms. The highest BCUT2D eigenvalue weighted by molar-refractivity contribution is 7.98. The monoisotopic (exact) mass is 339 g/mol. The van der Waals surface area contributed by atoms with Crippen LogP contribution in [0.4, 0.5) is 0 Å². The predicted octanol–water partition coefficient (Wildman–Crippen LogP) is 3.51. The zero-order chi connectivity index (χ0) is 16.4. The van der Waals surface area contributed by atoms with Crippen molar-refractivity contribution in [3.05, 3.63) is 60.0 Å². The Kier molecular flexibility index (Phi) is 3.87. The molecule has 0 bridgehead atoms. The third kappa shape index (κ3) is 2.95. The highest BCUT2D eigenvalue weighted by Gasteiger charge is 2.13. The van der Waals surface area contributed by atoms with Gasteiger partial charge in [0.2, 0.25) is 10.9 Å². The number of tetrazole rings is 1. The van der Waals surface area contributed by atoms with E-state index in [0.29, 0.717) is 22.4 Å². The molecule has 0 atom stereocenters. The summed E-state index contributed by atoms with van der Waals surface area (Å²) in [6, 6.07) is 13.5. The number of aryl methyl sites for hydroxylation is 1. The van der Waals surface area contributed by atoms with Gasteiger partial charge in [0.25, 0.3) is 0 Å². The molecular formula is C16H13N5O2S. The molecule has 8 heteroatoms. The smallest absolute Gasteiger partial charge is 0.214 e. The molecule has 0 aliphatic carbocycles. The first-order chi connectivity index (χ1) is 11.8. The van der Waals surface area contributed by atoms with Crippen molar-refractivity contribution in [1.82, 2.24) is 25.4 Å². The van der Waals surface area contributed by atoms with Gasteiger partial charge in [-0.1, -0.05) is 34.6 Å². The Bertz CT molecular complexity index is 928. The Morgan fingerprint density at radius 2 is 2.00 bits per heavy atom. The van der Waals surface area contributed by atoms with E-state index in [2.05, 4.69) is 20.7 Å². The van der Waals surface area contributed by atoms with E-state index in [1.54, 1.807) is 10.9 Å². The minimum Gasteiger partial charge on any atom is -0.461 e. The molecule has 0 unspecified atom stereocenters. The summed E-state index contributed by atoms with van der Waals surface area (Å²) in [5.41, 5.74) is 2.91. The summed E-state index contributed by atoms with van der Waals surface area (Å²) in [5, 5.41) is 16.6. The molecule has 1 aromatic carbocycles. The van der Waals surface area contributed by atoms with Crippen molar-refractivity contribution in [2.24, 2.45) is 0 Å². The quantitative estimate of drug-likeness (QED) is 0.514. The van der Waals surface area contributed by atoms with E-state index in [0.717, 1.165) is 11.4 Å².